The summed E-state index contributed by atoms with van der Waals surface area (Å²) in [7, 11) is 0. The Bertz CT molecular complexity index is 341. The van der Waals surface area contributed by atoms with E-state index in [-0.39, 0.29) is 30.1 Å². The zero-order chi connectivity index (χ0) is 14.9. The molecule has 0 fully saturated rings. The molecule has 2 N–H and O–H groups in total. The van der Waals surface area contributed by atoms with Crippen LogP contribution in [-0.4, -0.2) is 30.4 Å². The maximum Gasteiger partial charge on any atom is 0.227 e. The first-order chi connectivity index (χ1) is 8.85. The molecular formula is C14H24N4O. The summed E-state index contributed by atoms with van der Waals surface area (Å²) >= 11 is 0. The van der Waals surface area contributed by atoms with E-state index in [2.05, 4.69) is 20.8 Å². The van der Waals surface area contributed by atoms with Crippen molar-refractivity contribution in [3.63, 3.8) is 0 Å². The Balaban J connectivity index is 4.73. The molecule has 1 unspecified atom stereocenters. The lowest BCUT2D eigenvalue weighted by molar-refractivity contribution is -0.136. The number of carbonyl (C=O) groups is 1. The van der Waals surface area contributed by atoms with Gasteiger partial charge in [0, 0.05) is 19.6 Å². The molecule has 0 heterocycles. The Morgan fingerprint density at radius 3 is 2.00 bits per heavy atom. The fraction of sp³-hybridized carbons (Fsp3) is 0.786. The minimum atomic E-state index is -0.239. The van der Waals surface area contributed by atoms with Crippen LogP contribution in [0, 0.1) is 34.0 Å². The third-order valence-electron chi connectivity index (χ3n) is 2.79. The molecule has 0 aromatic heterocycles. The number of rotatable bonds is 7. The highest BCUT2D eigenvalue weighted by Crippen LogP contribution is 2.25. The van der Waals surface area contributed by atoms with Crippen molar-refractivity contribution >= 4 is 5.91 Å². The van der Waals surface area contributed by atoms with Gasteiger partial charge in [0.15, 0.2) is 0 Å². The molecule has 0 aliphatic rings. The van der Waals surface area contributed by atoms with E-state index in [9.17, 15) is 4.79 Å². The van der Waals surface area contributed by atoms with Crippen molar-refractivity contribution in [2.24, 2.45) is 17.1 Å². The third kappa shape index (κ3) is 7.43. The van der Waals surface area contributed by atoms with Gasteiger partial charge in [-0.15, -0.1) is 0 Å². The Hall–Kier alpha value is -1.59. The lowest BCUT2D eigenvalue weighted by Crippen LogP contribution is -2.41. The minimum absolute atomic E-state index is 0.0236. The smallest absolute Gasteiger partial charge is 0.227 e. The summed E-state index contributed by atoms with van der Waals surface area (Å²) < 4.78 is 0. The van der Waals surface area contributed by atoms with Crippen LogP contribution in [0.3, 0.4) is 0 Å². The van der Waals surface area contributed by atoms with E-state index < -0.39 is 0 Å². The van der Waals surface area contributed by atoms with Gasteiger partial charge >= 0.3 is 0 Å². The van der Waals surface area contributed by atoms with Gasteiger partial charge in [0.2, 0.25) is 5.91 Å². The van der Waals surface area contributed by atoms with Crippen molar-refractivity contribution in [1.82, 2.24) is 4.90 Å². The topological polar surface area (TPSA) is 93.9 Å². The van der Waals surface area contributed by atoms with E-state index in [1.165, 1.54) is 0 Å². The fourth-order valence-corrected chi connectivity index (χ4v) is 1.97. The molecule has 1 amide bonds. The summed E-state index contributed by atoms with van der Waals surface area (Å²) in [5.74, 6) is -0.277. The van der Waals surface area contributed by atoms with Gasteiger partial charge in [0.05, 0.1) is 30.9 Å². The van der Waals surface area contributed by atoms with Gasteiger partial charge < -0.3 is 10.6 Å². The van der Waals surface area contributed by atoms with Crippen molar-refractivity contribution in [3.05, 3.63) is 0 Å². The van der Waals surface area contributed by atoms with Crippen molar-refractivity contribution in [3.8, 4) is 12.1 Å². The molecule has 0 aliphatic carbocycles. The summed E-state index contributed by atoms with van der Waals surface area (Å²) in [6.45, 7) is 7.24. The summed E-state index contributed by atoms with van der Waals surface area (Å²) in [5.41, 5.74) is 5.72. The first-order valence-electron chi connectivity index (χ1n) is 6.58. The lowest BCUT2D eigenvalue weighted by Gasteiger charge is -2.29. The summed E-state index contributed by atoms with van der Waals surface area (Å²) in [6.07, 6.45) is 1.27. The second-order valence-corrected chi connectivity index (χ2v) is 5.84. The van der Waals surface area contributed by atoms with E-state index in [0.717, 1.165) is 0 Å². The molecule has 0 rings (SSSR count). The van der Waals surface area contributed by atoms with E-state index in [4.69, 9.17) is 16.3 Å². The molecule has 0 aliphatic heterocycles. The molecule has 0 aromatic rings. The van der Waals surface area contributed by atoms with Crippen molar-refractivity contribution in [2.75, 3.05) is 19.6 Å². The largest absolute Gasteiger partial charge is 0.340 e. The molecule has 19 heavy (non-hydrogen) atoms. The van der Waals surface area contributed by atoms with Crippen molar-refractivity contribution in [2.45, 2.75) is 40.0 Å². The maximum atomic E-state index is 12.4. The minimum Gasteiger partial charge on any atom is -0.340 e. The van der Waals surface area contributed by atoms with Crippen LogP contribution in [0.4, 0.5) is 0 Å². The number of nitrogens with two attached hydrogens (primary N) is 1. The van der Waals surface area contributed by atoms with E-state index in [0.29, 0.717) is 26.1 Å². The molecule has 5 heteroatoms. The van der Waals surface area contributed by atoms with Gasteiger partial charge in [-0.2, -0.15) is 10.5 Å². The molecule has 0 radical (unpaired) electrons. The molecule has 5 nitrogen and oxygen atoms in total. The molecule has 0 saturated heterocycles. The second-order valence-electron chi connectivity index (χ2n) is 5.84. The van der Waals surface area contributed by atoms with E-state index in [1.807, 2.05) is 12.1 Å². The Labute approximate surface area is 116 Å². The van der Waals surface area contributed by atoms with Crippen LogP contribution in [0.5, 0.6) is 0 Å². The number of hydrogen-bond acceptors (Lipinski definition) is 4. The van der Waals surface area contributed by atoms with Crippen LogP contribution in [0.2, 0.25) is 0 Å². The molecule has 0 bridgehead atoms. The average molecular weight is 264 g/mol. The first kappa shape index (κ1) is 17.4. The predicted molar refractivity (Wildman–Crippen MR) is 73.7 cm³/mol. The van der Waals surface area contributed by atoms with Gasteiger partial charge in [-0.3, -0.25) is 4.79 Å². The van der Waals surface area contributed by atoms with Gasteiger partial charge in [-0.1, -0.05) is 20.8 Å². The normalized spacial score (nSPS) is 12.3. The zero-order valence-corrected chi connectivity index (χ0v) is 12.1. The molecule has 0 saturated carbocycles. The summed E-state index contributed by atoms with van der Waals surface area (Å²) in [4.78, 5) is 14.0. The van der Waals surface area contributed by atoms with Crippen molar-refractivity contribution in [1.29, 1.82) is 10.5 Å². The Morgan fingerprint density at radius 1 is 1.21 bits per heavy atom. The highest BCUT2D eigenvalue weighted by Gasteiger charge is 2.27. The van der Waals surface area contributed by atoms with Crippen LogP contribution in [-0.2, 0) is 4.79 Å². The summed E-state index contributed by atoms with van der Waals surface area (Å²) in [6, 6.07) is 4.05. The van der Waals surface area contributed by atoms with Gasteiger partial charge in [0.25, 0.3) is 0 Å². The lowest BCUT2D eigenvalue weighted by atomic mass is 9.84. The number of carbonyl (C=O) groups excluding carboxylic acids is 1. The highest BCUT2D eigenvalue weighted by atomic mass is 16.2. The number of hydrogen-bond donors (Lipinski definition) is 1. The van der Waals surface area contributed by atoms with E-state index in [1.54, 1.807) is 4.90 Å². The quantitative estimate of drug-likeness (QED) is 0.756. The Morgan fingerprint density at radius 2 is 1.68 bits per heavy atom. The molecule has 0 spiro atoms. The van der Waals surface area contributed by atoms with Crippen LogP contribution in [0.1, 0.15) is 40.0 Å². The van der Waals surface area contributed by atoms with Crippen LogP contribution in [0.25, 0.3) is 0 Å². The van der Waals surface area contributed by atoms with Gasteiger partial charge in [-0.05, 0) is 11.8 Å². The van der Waals surface area contributed by atoms with Gasteiger partial charge in [-0.25, -0.2) is 0 Å². The van der Waals surface area contributed by atoms with Crippen molar-refractivity contribution < 1.29 is 4.79 Å². The summed E-state index contributed by atoms with van der Waals surface area (Å²) in [5, 5.41) is 17.3. The predicted octanol–water partition coefficient (Wildman–Crippen LogP) is 1.65. The molecule has 106 valence electrons. The monoisotopic (exact) mass is 264 g/mol. The SMILES string of the molecule is CC(C)(C)CC(CN)C(=O)N(CCC#N)CCC#N. The van der Waals surface area contributed by atoms with Gasteiger partial charge in [0.1, 0.15) is 0 Å². The fourth-order valence-electron chi connectivity index (χ4n) is 1.97. The molecule has 1 atom stereocenters. The van der Waals surface area contributed by atoms with Crippen LogP contribution >= 0.6 is 0 Å². The maximum absolute atomic E-state index is 12.4. The second kappa shape index (κ2) is 8.50. The molecular weight excluding hydrogens is 240 g/mol. The standard InChI is InChI=1S/C14H24N4O/c1-14(2,3)10-12(11-17)13(19)18(8-4-6-15)9-5-7-16/h12H,4-5,8-11,17H2,1-3H3. The number of nitrogens with zero attached hydrogens (tertiary/aromatic N) is 3. The number of nitriles is 2. The first-order valence-corrected chi connectivity index (χ1v) is 6.58. The molecule has 0 aromatic carbocycles. The highest BCUT2D eigenvalue weighted by molar-refractivity contribution is 5.79. The third-order valence-corrected chi connectivity index (χ3v) is 2.79. The van der Waals surface area contributed by atoms with E-state index >= 15 is 0 Å². The van der Waals surface area contributed by atoms with Crippen LogP contribution < -0.4 is 5.73 Å². The van der Waals surface area contributed by atoms with Crippen LogP contribution in [0.15, 0.2) is 0 Å². The number of amides is 1. The Kier molecular flexibility index (Phi) is 7.79. The zero-order valence-electron chi connectivity index (χ0n) is 12.1. The average Bonchev–Trinajstić information content (AvgIpc) is 2.34.